The summed E-state index contributed by atoms with van der Waals surface area (Å²) < 4.78 is 8.00. The zero-order valence-electron chi connectivity index (χ0n) is 17.4. The van der Waals surface area contributed by atoms with E-state index < -0.39 is 11.2 Å². The van der Waals surface area contributed by atoms with E-state index in [0.29, 0.717) is 34.2 Å². The molecule has 3 N–H and O–H groups in total. The van der Waals surface area contributed by atoms with Crippen molar-refractivity contribution in [2.45, 2.75) is 64.8 Å². The van der Waals surface area contributed by atoms with E-state index in [2.05, 4.69) is 23.9 Å². The number of furan rings is 1. The standard InChI is InChI=1S/C23H27N3O4/c1-12(2)11-15-17-22(26(25-23(17)29)13-7-5-3-4-6-8-13)24-18-14-9-10-16(27)19(28)21(14)30-20(15)18/h9-10,12-13,24,28H,3-8,11H2,1-2H3,(H,25,29). The minimum Gasteiger partial charge on any atom is -0.502 e. The van der Waals surface area contributed by atoms with Crippen molar-refractivity contribution in [2.75, 3.05) is 0 Å². The van der Waals surface area contributed by atoms with Crippen LogP contribution in [0.1, 0.15) is 64.0 Å². The van der Waals surface area contributed by atoms with E-state index in [1.807, 2.05) is 4.68 Å². The molecule has 1 aliphatic carbocycles. The van der Waals surface area contributed by atoms with Crippen LogP contribution < -0.4 is 11.0 Å². The second kappa shape index (κ2) is 7.07. The average Bonchev–Trinajstić information content (AvgIpc) is 3.10. The first-order chi connectivity index (χ1) is 14.5. The molecule has 0 amide bonds. The number of hydrogen-bond acceptors (Lipinski definition) is 4. The van der Waals surface area contributed by atoms with E-state index in [4.69, 9.17) is 4.42 Å². The summed E-state index contributed by atoms with van der Waals surface area (Å²) in [4.78, 5) is 28.4. The summed E-state index contributed by atoms with van der Waals surface area (Å²) in [7, 11) is 0. The second-order valence-electron chi connectivity index (χ2n) is 8.98. The van der Waals surface area contributed by atoms with E-state index in [0.717, 1.165) is 36.9 Å². The minimum atomic E-state index is -0.475. The van der Waals surface area contributed by atoms with Gasteiger partial charge in [-0.1, -0.05) is 39.5 Å². The molecule has 4 aromatic rings. The Morgan fingerprint density at radius 3 is 2.57 bits per heavy atom. The zero-order valence-corrected chi connectivity index (χ0v) is 17.4. The third-order valence-electron chi connectivity index (χ3n) is 6.34. The smallest absolute Gasteiger partial charge is 0.274 e. The molecule has 0 unspecified atom stereocenters. The molecule has 0 aliphatic heterocycles. The van der Waals surface area contributed by atoms with E-state index in [1.54, 1.807) is 6.07 Å². The van der Waals surface area contributed by atoms with E-state index >= 15 is 0 Å². The number of aromatic hydroxyl groups is 1. The maximum atomic E-state index is 13.1. The fraction of sp³-hybridized carbons (Fsp3) is 0.478. The lowest BCUT2D eigenvalue weighted by Gasteiger charge is -2.17. The maximum Gasteiger partial charge on any atom is 0.274 e. The Labute approximate surface area is 172 Å². The molecule has 0 bridgehead atoms. The SMILES string of the molecule is CC(C)Cc1c2oc3c(O)c(=O)ccc3c2[nH]c2c1c(=O)[nH]n2C1CCCCCC1. The summed E-state index contributed by atoms with van der Waals surface area (Å²) in [5.74, 6) is -0.0888. The van der Waals surface area contributed by atoms with Crippen LogP contribution in [0.2, 0.25) is 0 Å². The van der Waals surface area contributed by atoms with Crippen molar-refractivity contribution in [2.24, 2.45) is 5.92 Å². The quantitative estimate of drug-likeness (QED) is 0.426. The Balaban J connectivity index is 1.88. The third-order valence-corrected chi connectivity index (χ3v) is 6.34. The number of H-pyrrole nitrogens is 2. The van der Waals surface area contributed by atoms with Gasteiger partial charge in [0, 0.05) is 10.9 Å². The summed E-state index contributed by atoms with van der Waals surface area (Å²) in [6.07, 6.45) is 7.51. The highest BCUT2D eigenvalue weighted by Gasteiger charge is 2.25. The Bertz CT molecular complexity index is 1360. The molecule has 0 radical (unpaired) electrons. The van der Waals surface area contributed by atoms with Gasteiger partial charge in [-0.2, -0.15) is 0 Å². The van der Waals surface area contributed by atoms with Crippen molar-refractivity contribution in [3.8, 4) is 5.75 Å². The van der Waals surface area contributed by atoms with Crippen LogP contribution in [0.4, 0.5) is 0 Å². The highest BCUT2D eigenvalue weighted by atomic mass is 16.4. The fourth-order valence-corrected chi connectivity index (χ4v) is 4.94. The Morgan fingerprint density at radius 2 is 1.87 bits per heavy atom. The molecule has 3 aromatic heterocycles. The van der Waals surface area contributed by atoms with Gasteiger partial charge < -0.3 is 14.5 Å². The van der Waals surface area contributed by atoms with Crippen LogP contribution in [0, 0.1) is 5.92 Å². The first kappa shape index (κ1) is 19.0. The van der Waals surface area contributed by atoms with Crippen molar-refractivity contribution < 1.29 is 9.52 Å². The number of pyridine rings is 1. The first-order valence-corrected chi connectivity index (χ1v) is 10.9. The number of aromatic amines is 2. The molecular formula is C23H27N3O4. The van der Waals surface area contributed by atoms with Crippen molar-refractivity contribution in [3.05, 3.63) is 38.3 Å². The molecule has 5 rings (SSSR count). The van der Waals surface area contributed by atoms with E-state index in [-0.39, 0.29) is 17.2 Å². The molecule has 7 heteroatoms. The van der Waals surface area contributed by atoms with Crippen molar-refractivity contribution in [3.63, 3.8) is 0 Å². The number of fused-ring (bicyclic) bond motifs is 4. The molecule has 1 aliphatic rings. The molecule has 1 fully saturated rings. The number of nitrogens with zero attached hydrogens (tertiary/aromatic N) is 1. The summed E-state index contributed by atoms with van der Waals surface area (Å²) >= 11 is 0. The molecule has 0 saturated heterocycles. The zero-order chi connectivity index (χ0) is 21.0. The fourth-order valence-electron chi connectivity index (χ4n) is 4.94. The predicted octanol–water partition coefficient (Wildman–Crippen LogP) is 4.72. The second-order valence-corrected chi connectivity index (χ2v) is 8.98. The number of rotatable bonds is 3. The van der Waals surface area contributed by atoms with Gasteiger partial charge in [-0.15, -0.1) is 0 Å². The number of phenols is 1. The maximum absolute atomic E-state index is 13.1. The van der Waals surface area contributed by atoms with Gasteiger partial charge in [0.1, 0.15) is 5.65 Å². The van der Waals surface area contributed by atoms with Crippen molar-refractivity contribution in [1.29, 1.82) is 0 Å². The Morgan fingerprint density at radius 1 is 1.13 bits per heavy atom. The highest BCUT2D eigenvalue weighted by molar-refractivity contribution is 6.09. The molecule has 3 heterocycles. The molecular weight excluding hydrogens is 382 g/mol. The first-order valence-electron chi connectivity index (χ1n) is 10.9. The van der Waals surface area contributed by atoms with Crippen LogP contribution in [-0.2, 0) is 6.42 Å². The van der Waals surface area contributed by atoms with Gasteiger partial charge in [-0.25, -0.2) is 0 Å². The Kier molecular flexibility index (Phi) is 4.49. The summed E-state index contributed by atoms with van der Waals surface area (Å²) in [5.41, 5.74) is 2.41. The molecule has 1 saturated carbocycles. The number of benzene rings is 1. The number of nitrogens with one attached hydrogen (secondary N) is 2. The van der Waals surface area contributed by atoms with Gasteiger partial charge >= 0.3 is 0 Å². The number of phenolic OH excluding ortho intramolecular Hbond substituents is 1. The van der Waals surface area contributed by atoms with E-state index in [9.17, 15) is 14.7 Å². The van der Waals surface area contributed by atoms with Gasteiger partial charge in [0.25, 0.3) is 5.56 Å². The Hall–Kier alpha value is -2.96. The largest absolute Gasteiger partial charge is 0.502 e. The van der Waals surface area contributed by atoms with Crippen LogP contribution in [0.3, 0.4) is 0 Å². The van der Waals surface area contributed by atoms with Crippen LogP contribution in [0.5, 0.6) is 5.75 Å². The van der Waals surface area contributed by atoms with Crippen LogP contribution in [0.15, 0.2) is 26.1 Å². The summed E-state index contributed by atoms with van der Waals surface area (Å²) in [6, 6.07) is 3.27. The van der Waals surface area contributed by atoms with Gasteiger partial charge in [0.05, 0.1) is 16.9 Å². The van der Waals surface area contributed by atoms with Gasteiger partial charge in [-0.05, 0) is 37.3 Å². The lowest BCUT2D eigenvalue weighted by atomic mass is 10.00. The molecule has 7 nitrogen and oxygen atoms in total. The summed E-state index contributed by atoms with van der Waals surface area (Å²) in [5, 5.41) is 14.6. The molecule has 30 heavy (non-hydrogen) atoms. The number of aromatic nitrogens is 3. The van der Waals surface area contributed by atoms with Crippen molar-refractivity contribution in [1.82, 2.24) is 14.8 Å². The van der Waals surface area contributed by atoms with E-state index in [1.165, 1.54) is 18.9 Å². The normalized spacial score (nSPS) is 16.2. The molecule has 158 valence electrons. The lowest BCUT2D eigenvalue weighted by molar-refractivity contribution is 0.413. The number of hydrogen-bond donors (Lipinski definition) is 3. The predicted molar refractivity (Wildman–Crippen MR) is 117 cm³/mol. The van der Waals surface area contributed by atoms with Crippen LogP contribution >= 0.6 is 0 Å². The van der Waals surface area contributed by atoms with Gasteiger partial charge in [-0.3, -0.25) is 19.4 Å². The molecule has 1 aromatic carbocycles. The van der Waals surface area contributed by atoms with Crippen LogP contribution in [-0.4, -0.2) is 19.9 Å². The molecule has 0 spiro atoms. The van der Waals surface area contributed by atoms with Gasteiger partial charge in [0.15, 0.2) is 11.2 Å². The van der Waals surface area contributed by atoms with Gasteiger partial charge in [0.2, 0.25) is 11.2 Å². The minimum absolute atomic E-state index is 0.128. The molecule has 0 atom stereocenters. The topological polar surface area (TPSA) is 104 Å². The lowest BCUT2D eigenvalue weighted by Crippen LogP contribution is -2.13. The third kappa shape index (κ3) is 2.87. The highest BCUT2D eigenvalue weighted by Crippen LogP contribution is 2.37. The summed E-state index contributed by atoms with van der Waals surface area (Å²) in [6.45, 7) is 4.20. The van der Waals surface area contributed by atoms with Crippen LogP contribution in [0.25, 0.3) is 33.1 Å². The average molecular weight is 409 g/mol. The van der Waals surface area contributed by atoms with Crippen molar-refractivity contribution >= 4 is 33.1 Å². The monoisotopic (exact) mass is 409 g/mol.